The van der Waals surface area contributed by atoms with Gasteiger partial charge in [-0.05, 0) is 0 Å². The first kappa shape index (κ1) is 35.4. The summed E-state index contributed by atoms with van der Waals surface area (Å²) < 4.78 is 0. The molecule has 7 N–H and O–H groups in total. The van der Waals surface area contributed by atoms with Crippen LogP contribution in [0, 0.1) is 10.1 Å². The number of nitrogens with one attached hydrogen (secondary N) is 4. The van der Waals surface area contributed by atoms with Crippen LogP contribution in [0.2, 0.25) is 0 Å². The molecule has 2 aliphatic carbocycles. The maximum Gasteiger partial charge on any atom is 4.00 e. The Labute approximate surface area is 171 Å². The van der Waals surface area contributed by atoms with Crippen LogP contribution in [-0.4, -0.2) is 45.4 Å². The smallest absolute Gasteiger partial charge is 0.870 e. The van der Waals surface area contributed by atoms with Crippen molar-refractivity contribution in [2.45, 2.75) is 75.5 Å². The van der Waals surface area contributed by atoms with E-state index in [0.29, 0.717) is 0 Å². The Morgan fingerprint density at radius 2 is 0.833 bits per heavy atom. The van der Waals surface area contributed by atoms with Crippen molar-refractivity contribution in [2.75, 3.05) is 0 Å². The van der Waals surface area contributed by atoms with Gasteiger partial charge in [-0.1, -0.05) is 51.4 Å². The van der Waals surface area contributed by atoms with Crippen LogP contribution in [0.3, 0.4) is 0 Å². The molecule has 0 heterocycles. The van der Waals surface area contributed by atoms with Crippen molar-refractivity contribution in [3.63, 3.8) is 0 Å². The van der Waals surface area contributed by atoms with Gasteiger partial charge in [0.15, 0.2) is 0 Å². The van der Waals surface area contributed by atoms with E-state index < -0.39 is 5.09 Å². The molecule has 2 rings (SSSR count). The van der Waals surface area contributed by atoms with Gasteiger partial charge in [0.05, 0.1) is 0 Å². The molecule has 0 aromatic rings. The van der Waals surface area contributed by atoms with Gasteiger partial charge in [-0.2, -0.15) is 24.2 Å². The van der Waals surface area contributed by atoms with Gasteiger partial charge in [-0.15, -0.1) is 10.1 Å². The molecule has 0 aromatic carbocycles. The quantitative estimate of drug-likeness (QED) is 0.289. The molecule has 12 heteroatoms. The molecule has 2 fully saturated rings. The van der Waals surface area contributed by atoms with Gasteiger partial charge >= 0.3 is 42.1 Å². The van der Waals surface area contributed by atoms with E-state index in [1.165, 1.54) is 25.7 Å². The third-order valence-corrected chi connectivity index (χ3v) is 3.53. The van der Waals surface area contributed by atoms with Gasteiger partial charge in [0, 0.05) is 0 Å². The number of hydrogen-bond acceptors (Lipinski definition) is 4. The first-order chi connectivity index (χ1) is 9.34. The van der Waals surface area contributed by atoms with Gasteiger partial charge in [0.2, 0.25) is 0 Å². The first-order valence-electron chi connectivity index (χ1n) is 7.02. The van der Waals surface area contributed by atoms with Crippen LogP contribution in [0.1, 0.15) is 51.4 Å². The SMILES string of the molecule is O=[N+]([O-])O.[NH-]C1CCCCC1[NH-].[NH-]C1CCCCC1[NH-].[OH-].[OH-].[Pt+4].[Pt+4]. The summed E-state index contributed by atoms with van der Waals surface area (Å²) in [6.45, 7) is 0. The summed E-state index contributed by atoms with van der Waals surface area (Å²) >= 11 is 0. The summed E-state index contributed by atoms with van der Waals surface area (Å²) in [6, 6.07) is -0.319. The molecule has 0 bridgehead atoms. The van der Waals surface area contributed by atoms with Crippen LogP contribution < -0.4 is 0 Å². The Hall–Kier alpha value is 0.337. The normalized spacial score (nSPS) is 27.5. The van der Waals surface area contributed by atoms with Crippen LogP contribution in [0.15, 0.2) is 0 Å². The molecule has 0 saturated heterocycles. The van der Waals surface area contributed by atoms with E-state index >= 15 is 0 Å². The van der Waals surface area contributed by atoms with Crippen molar-refractivity contribution in [1.29, 1.82) is 0 Å². The van der Waals surface area contributed by atoms with Crippen LogP contribution in [-0.2, 0) is 42.1 Å². The molecular weight excluding hydrogens is 684 g/mol. The maximum absolute atomic E-state index is 8.36. The Kier molecular flexibility index (Phi) is 31.6. The Morgan fingerprint density at radius 3 is 0.917 bits per heavy atom. The second-order valence-corrected chi connectivity index (χ2v) is 5.23. The summed E-state index contributed by atoms with van der Waals surface area (Å²) in [5.41, 5.74) is 29.2. The molecule has 4 atom stereocenters. The predicted octanol–water partition coefficient (Wildman–Crippen LogP) is 4.10. The minimum atomic E-state index is -1.50. The molecule has 2 saturated carbocycles. The maximum atomic E-state index is 8.36. The van der Waals surface area contributed by atoms with Crippen molar-refractivity contribution in [1.82, 2.24) is 0 Å². The third-order valence-electron chi connectivity index (χ3n) is 3.53. The van der Waals surface area contributed by atoms with E-state index in [2.05, 4.69) is 0 Å². The molecule has 10 nitrogen and oxygen atoms in total. The number of rotatable bonds is 0. The minimum absolute atomic E-state index is 0. The topological polar surface area (TPSA) is 219 Å². The molecule has 148 valence electrons. The largest absolute Gasteiger partial charge is 4.00 e. The summed E-state index contributed by atoms with van der Waals surface area (Å²) in [5.74, 6) is 0. The summed E-state index contributed by atoms with van der Waals surface area (Å²) in [7, 11) is 0. The van der Waals surface area contributed by atoms with Crippen LogP contribution in [0.25, 0.3) is 22.9 Å². The predicted molar refractivity (Wildman–Crippen MR) is 82.0 cm³/mol. The van der Waals surface area contributed by atoms with Crippen molar-refractivity contribution in [3.8, 4) is 0 Å². The van der Waals surface area contributed by atoms with Crippen molar-refractivity contribution >= 4 is 0 Å². The molecule has 0 aromatic heterocycles. The van der Waals surface area contributed by atoms with Crippen LogP contribution >= 0.6 is 0 Å². The Morgan fingerprint density at radius 1 is 0.708 bits per heavy atom. The average molecular weight is 712 g/mol. The number of nitrogens with zero attached hydrogens (tertiary/aromatic N) is 1. The zero-order chi connectivity index (χ0) is 15.5. The van der Waals surface area contributed by atoms with Crippen LogP contribution in [0.4, 0.5) is 0 Å². The molecular formula is C12H27N5O5Pt2+2. The van der Waals surface area contributed by atoms with Crippen LogP contribution in [0.5, 0.6) is 0 Å². The third kappa shape index (κ3) is 20.4. The molecule has 4 unspecified atom stereocenters. The van der Waals surface area contributed by atoms with E-state index in [1.807, 2.05) is 0 Å². The van der Waals surface area contributed by atoms with E-state index in [1.54, 1.807) is 0 Å². The molecule has 24 heavy (non-hydrogen) atoms. The minimum Gasteiger partial charge on any atom is -0.870 e. The van der Waals surface area contributed by atoms with Gasteiger partial charge in [-0.25, -0.2) is 0 Å². The molecule has 0 radical (unpaired) electrons. The molecule has 2 aliphatic rings. The molecule has 0 aliphatic heterocycles. The molecule has 0 spiro atoms. The van der Waals surface area contributed by atoms with E-state index in [-0.39, 0.29) is 77.3 Å². The fraction of sp³-hybridized carbons (Fsp3) is 1.00. The standard InChI is InChI=1S/2C6H12N2.HNO3.2H2O.2Pt/c2*7-5-3-1-2-4-6(5)8;2-1(3)4;;;;/h2*5-8H,1-4H2;(H,2,3,4);2*1H2;;/q2*-2;;;;2*+4/p-2. The van der Waals surface area contributed by atoms with Gasteiger partial charge < -0.3 is 39.1 Å². The van der Waals surface area contributed by atoms with E-state index in [0.717, 1.165) is 25.7 Å². The van der Waals surface area contributed by atoms with E-state index in [9.17, 15) is 0 Å². The van der Waals surface area contributed by atoms with Crippen molar-refractivity contribution in [2.24, 2.45) is 0 Å². The average Bonchev–Trinajstić information content (AvgIpc) is 2.37. The monoisotopic (exact) mass is 711 g/mol. The van der Waals surface area contributed by atoms with Gasteiger partial charge in [0.1, 0.15) is 0 Å². The van der Waals surface area contributed by atoms with Crippen molar-refractivity contribution in [3.05, 3.63) is 33.0 Å². The molecule has 0 amide bonds. The first-order valence-corrected chi connectivity index (χ1v) is 7.02. The summed E-state index contributed by atoms with van der Waals surface area (Å²) in [6.07, 6.45) is 8.49. The van der Waals surface area contributed by atoms with Gasteiger partial charge in [0.25, 0.3) is 5.09 Å². The Balaban J connectivity index is -0.0000000728. The zero-order valence-electron chi connectivity index (χ0n) is 13.2. The fourth-order valence-corrected chi connectivity index (χ4v) is 2.26. The van der Waals surface area contributed by atoms with E-state index in [4.69, 9.17) is 38.3 Å². The fourth-order valence-electron chi connectivity index (χ4n) is 2.26. The Bertz CT molecular complexity index is 238. The summed E-state index contributed by atoms with van der Waals surface area (Å²) in [5, 5.41) is 13.6. The second-order valence-electron chi connectivity index (χ2n) is 5.23. The van der Waals surface area contributed by atoms with Crippen molar-refractivity contribution < 1.29 is 63.4 Å². The van der Waals surface area contributed by atoms with Gasteiger partial charge in [-0.3, -0.25) is 0 Å². The number of hydrogen-bond donors (Lipinski definition) is 1. The second kappa shape index (κ2) is 21.4. The summed E-state index contributed by atoms with van der Waals surface area (Å²) in [4.78, 5) is 8.36. The zero-order valence-corrected chi connectivity index (χ0v) is 17.7.